The average Bonchev–Trinajstić information content (AvgIpc) is 3.13. The van der Waals surface area contributed by atoms with E-state index in [-0.39, 0.29) is 11.9 Å². The maximum absolute atomic E-state index is 12.9. The first kappa shape index (κ1) is 16.2. The first-order chi connectivity index (χ1) is 12.7. The summed E-state index contributed by atoms with van der Waals surface area (Å²) in [5, 5.41) is 8.58. The number of nitrogens with zero attached hydrogens (tertiary/aromatic N) is 6. The van der Waals surface area contributed by atoms with Crippen molar-refractivity contribution in [3.8, 4) is 17.4 Å². The van der Waals surface area contributed by atoms with E-state index in [4.69, 9.17) is 4.74 Å². The van der Waals surface area contributed by atoms with Crippen LogP contribution in [0.2, 0.25) is 0 Å². The van der Waals surface area contributed by atoms with Crippen molar-refractivity contribution < 1.29 is 9.53 Å². The van der Waals surface area contributed by atoms with Gasteiger partial charge in [0.2, 0.25) is 5.88 Å². The number of carbonyl (C=O) groups is 1. The van der Waals surface area contributed by atoms with E-state index in [2.05, 4.69) is 24.7 Å². The minimum absolute atomic E-state index is 0.0402. The van der Waals surface area contributed by atoms with Crippen molar-refractivity contribution in [1.29, 1.82) is 0 Å². The summed E-state index contributed by atoms with van der Waals surface area (Å²) in [4.78, 5) is 23.0. The highest BCUT2D eigenvalue weighted by atomic mass is 16.5. The van der Waals surface area contributed by atoms with Gasteiger partial charge in [0.15, 0.2) is 11.6 Å². The van der Waals surface area contributed by atoms with E-state index in [9.17, 15) is 4.79 Å². The second kappa shape index (κ2) is 6.55. The molecule has 1 atom stereocenters. The van der Waals surface area contributed by atoms with Crippen LogP contribution in [-0.2, 0) is 6.54 Å². The molecule has 1 aliphatic rings. The highest BCUT2D eigenvalue weighted by Gasteiger charge is 2.30. The molecule has 3 aromatic rings. The van der Waals surface area contributed by atoms with Crippen molar-refractivity contribution in [2.24, 2.45) is 0 Å². The second-order valence-electron chi connectivity index (χ2n) is 6.15. The fourth-order valence-electron chi connectivity index (χ4n) is 3.19. The Morgan fingerprint density at radius 1 is 1.19 bits per heavy atom. The van der Waals surface area contributed by atoms with Gasteiger partial charge in [-0.15, -0.1) is 10.2 Å². The number of rotatable bonds is 3. The first-order valence-corrected chi connectivity index (χ1v) is 8.32. The zero-order valence-electron chi connectivity index (χ0n) is 14.5. The molecule has 132 valence electrons. The molecule has 0 bridgehead atoms. The number of pyridine rings is 2. The van der Waals surface area contributed by atoms with E-state index < -0.39 is 0 Å². The van der Waals surface area contributed by atoms with Crippen molar-refractivity contribution in [3.63, 3.8) is 0 Å². The molecule has 0 saturated carbocycles. The molecule has 0 unspecified atom stereocenters. The van der Waals surface area contributed by atoms with Crippen LogP contribution in [0.1, 0.15) is 29.1 Å². The van der Waals surface area contributed by atoms with E-state index in [1.165, 1.54) is 7.11 Å². The van der Waals surface area contributed by atoms with Crippen LogP contribution in [-0.4, -0.2) is 49.2 Å². The van der Waals surface area contributed by atoms with Gasteiger partial charge in [-0.1, -0.05) is 6.07 Å². The summed E-state index contributed by atoms with van der Waals surface area (Å²) in [7, 11) is 1.53. The lowest BCUT2D eigenvalue weighted by atomic mass is 10.1. The lowest BCUT2D eigenvalue weighted by Crippen LogP contribution is -2.40. The number of carbonyl (C=O) groups excluding carboxylic acids is 1. The van der Waals surface area contributed by atoms with E-state index >= 15 is 0 Å². The molecule has 1 aliphatic heterocycles. The van der Waals surface area contributed by atoms with E-state index in [0.29, 0.717) is 24.5 Å². The van der Waals surface area contributed by atoms with E-state index in [1.807, 2.05) is 25.1 Å². The predicted molar refractivity (Wildman–Crippen MR) is 93.5 cm³/mol. The minimum Gasteiger partial charge on any atom is -0.481 e. The van der Waals surface area contributed by atoms with Gasteiger partial charge in [-0.25, -0.2) is 4.98 Å². The smallest absolute Gasteiger partial charge is 0.254 e. The van der Waals surface area contributed by atoms with Crippen LogP contribution in [0.25, 0.3) is 11.5 Å². The maximum Gasteiger partial charge on any atom is 0.254 e. The van der Waals surface area contributed by atoms with Crippen molar-refractivity contribution in [2.75, 3.05) is 13.7 Å². The monoisotopic (exact) mass is 350 g/mol. The standard InChI is InChI=1S/C18H18N6O2/c1-12-10-23(18(25)13-6-8-20-16(9-13)26-2)11-15-21-22-17(24(12)15)14-5-3-4-7-19-14/h3-9,12H,10-11H2,1-2H3/t12-/m0/s1. The van der Waals surface area contributed by atoms with Crippen LogP contribution in [0.4, 0.5) is 0 Å². The molecule has 1 amide bonds. The van der Waals surface area contributed by atoms with Crippen LogP contribution in [0.3, 0.4) is 0 Å². The van der Waals surface area contributed by atoms with Crippen molar-refractivity contribution in [3.05, 3.63) is 54.1 Å². The van der Waals surface area contributed by atoms with Crippen LogP contribution < -0.4 is 4.74 Å². The Bertz CT molecular complexity index is 940. The molecule has 8 heteroatoms. The third kappa shape index (κ3) is 2.79. The fraction of sp³-hybridized carbons (Fsp3) is 0.278. The Balaban J connectivity index is 1.63. The summed E-state index contributed by atoms with van der Waals surface area (Å²) < 4.78 is 7.16. The van der Waals surface area contributed by atoms with Crippen LogP contribution in [0.5, 0.6) is 5.88 Å². The molecular formula is C18H18N6O2. The lowest BCUT2D eigenvalue weighted by Gasteiger charge is -2.32. The van der Waals surface area contributed by atoms with Gasteiger partial charge in [0, 0.05) is 30.6 Å². The van der Waals surface area contributed by atoms with Crippen LogP contribution >= 0.6 is 0 Å². The molecule has 0 fully saturated rings. The molecule has 0 spiro atoms. The van der Waals surface area contributed by atoms with Gasteiger partial charge in [0.25, 0.3) is 5.91 Å². The average molecular weight is 350 g/mol. The van der Waals surface area contributed by atoms with Crippen molar-refractivity contribution in [1.82, 2.24) is 29.6 Å². The number of methoxy groups -OCH3 is 1. The third-order valence-corrected chi connectivity index (χ3v) is 4.40. The fourth-order valence-corrected chi connectivity index (χ4v) is 3.19. The number of hydrogen-bond acceptors (Lipinski definition) is 6. The van der Waals surface area contributed by atoms with Gasteiger partial charge in [0.1, 0.15) is 5.69 Å². The number of amides is 1. The molecule has 4 rings (SSSR count). The molecule has 0 aromatic carbocycles. The maximum atomic E-state index is 12.9. The molecule has 0 aliphatic carbocycles. The van der Waals surface area contributed by atoms with Gasteiger partial charge in [-0.05, 0) is 25.1 Å². The molecule has 0 radical (unpaired) electrons. The quantitative estimate of drug-likeness (QED) is 0.718. The molecule has 26 heavy (non-hydrogen) atoms. The predicted octanol–water partition coefficient (Wildman–Crippen LogP) is 1.96. The topological polar surface area (TPSA) is 86.0 Å². The second-order valence-corrected chi connectivity index (χ2v) is 6.15. The largest absolute Gasteiger partial charge is 0.481 e. The van der Waals surface area contributed by atoms with Crippen LogP contribution in [0.15, 0.2) is 42.7 Å². The van der Waals surface area contributed by atoms with E-state index in [1.54, 1.807) is 29.4 Å². The Morgan fingerprint density at radius 2 is 2.08 bits per heavy atom. The Hall–Kier alpha value is -3.29. The summed E-state index contributed by atoms with van der Waals surface area (Å²) in [6, 6.07) is 9.07. The van der Waals surface area contributed by atoms with Crippen LogP contribution in [0, 0.1) is 0 Å². The van der Waals surface area contributed by atoms with Gasteiger partial charge in [-0.2, -0.15) is 0 Å². The number of ether oxygens (including phenoxy) is 1. The molecule has 0 saturated heterocycles. The highest BCUT2D eigenvalue weighted by Crippen LogP contribution is 2.27. The number of aromatic nitrogens is 5. The zero-order chi connectivity index (χ0) is 18.1. The first-order valence-electron chi connectivity index (χ1n) is 8.32. The minimum atomic E-state index is -0.0776. The highest BCUT2D eigenvalue weighted by molar-refractivity contribution is 5.94. The van der Waals surface area contributed by atoms with Gasteiger partial charge < -0.3 is 14.2 Å². The summed E-state index contributed by atoms with van der Waals surface area (Å²) in [6.45, 7) is 3.01. The summed E-state index contributed by atoms with van der Waals surface area (Å²) in [5.74, 6) is 1.82. The molecular weight excluding hydrogens is 332 g/mol. The number of fused-ring (bicyclic) bond motifs is 1. The zero-order valence-corrected chi connectivity index (χ0v) is 14.5. The Kier molecular flexibility index (Phi) is 4.08. The van der Waals surface area contributed by atoms with E-state index in [0.717, 1.165) is 17.3 Å². The summed E-state index contributed by atoms with van der Waals surface area (Å²) in [5.41, 5.74) is 1.32. The van der Waals surface area contributed by atoms with Crippen molar-refractivity contribution >= 4 is 5.91 Å². The SMILES string of the molecule is COc1cc(C(=O)N2Cc3nnc(-c4ccccn4)n3[C@@H](C)C2)ccn1. The Labute approximate surface area is 150 Å². The van der Waals surface area contributed by atoms with Crippen molar-refractivity contribution in [2.45, 2.75) is 19.5 Å². The number of hydrogen-bond donors (Lipinski definition) is 0. The van der Waals surface area contributed by atoms with Gasteiger partial charge in [-0.3, -0.25) is 9.78 Å². The van der Waals surface area contributed by atoms with Gasteiger partial charge in [0.05, 0.1) is 19.7 Å². The molecule has 0 N–H and O–H groups in total. The third-order valence-electron chi connectivity index (χ3n) is 4.40. The Morgan fingerprint density at radius 3 is 2.85 bits per heavy atom. The lowest BCUT2D eigenvalue weighted by molar-refractivity contribution is 0.0681. The molecule has 4 heterocycles. The summed E-state index contributed by atoms with van der Waals surface area (Å²) >= 11 is 0. The van der Waals surface area contributed by atoms with Gasteiger partial charge >= 0.3 is 0 Å². The molecule has 8 nitrogen and oxygen atoms in total. The molecule has 3 aromatic heterocycles. The summed E-state index contributed by atoms with van der Waals surface area (Å²) in [6.07, 6.45) is 3.30. The normalized spacial score (nSPS) is 16.2.